The lowest BCUT2D eigenvalue weighted by Crippen LogP contribution is -2.57. The summed E-state index contributed by atoms with van der Waals surface area (Å²) in [6, 6.07) is 15.6. The SMILES string of the molecule is O=C(NCC(Cc1ccccc1)N1CCC(O)(C(F)(F)F)CC1)C1(c2ccc(F)cc2)CCCCC1. The van der Waals surface area contributed by atoms with Crippen molar-refractivity contribution < 1.29 is 27.5 Å². The van der Waals surface area contributed by atoms with Crippen LogP contribution >= 0.6 is 0 Å². The van der Waals surface area contributed by atoms with Crippen LogP contribution in [0, 0.1) is 5.82 Å². The molecule has 0 spiro atoms. The van der Waals surface area contributed by atoms with Crippen LogP contribution in [-0.4, -0.2) is 53.4 Å². The standard InChI is InChI=1S/C28H34F4N2O2/c29-23-11-9-22(10-12-23)26(13-5-2-6-14-26)25(35)33-20-24(19-21-7-3-1-4-8-21)34-17-15-27(36,16-18-34)28(30,31)32/h1,3-4,7-12,24,36H,2,5-6,13-20H2,(H,33,35). The highest BCUT2D eigenvalue weighted by Gasteiger charge is 2.55. The topological polar surface area (TPSA) is 52.6 Å². The molecule has 2 N–H and O–H groups in total. The number of benzene rings is 2. The van der Waals surface area contributed by atoms with Gasteiger partial charge in [0.05, 0.1) is 5.41 Å². The Morgan fingerprint density at radius 1 is 0.944 bits per heavy atom. The molecular weight excluding hydrogens is 472 g/mol. The Morgan fingerprint density at radius 3 is 2.14 bits per heavy atom. The zero-order valence-corrected chi connectivity index (χ0v) is 20.4. The molecule has 196 valence electrons. The summed E-state index contributed by atoms with van der Waals surface area (Å²) >= 11 is 0. The number of halogens is 4. The molecule has 0 aromatic heterocycles. The predicted octanol–water partition coefficient (Wildman–Crippen LogP) is 5.14. The van der Waals surface area contributed by atoms with Crippen molar-refractivity contribution in [2.24, 2.45) is 0 Å². The molecule has 8 heteroatoms. The first-order valence-electron chi connectivity index (χ1n) is 12.7. The largest absolute Gasteiger partial charge is 0.417 e. The molecule has 1 aliphatic heterocycles. The second kappa shape index (κ2) is 10.9. The van der Waals surface area contributed by atoms with E-state index in [2.05, 4.69) is 5.32 Å². The van der Waals surface area contributed by atoms with Crippen LogP contribution in [0.3, 0.4) is 0 Å². The Labute approximate surface area is 209 Å². The maximum atomic E-state index is 13.7. The summed E-state index contributed by atoms with van der Waals surface area (Å²) in [5, 5.41) is 13.2. The van der Waals surface area contributed by atoms with Gasteiger partial charge >= 0.3 is 6.18 Å². The fraction of sp³-hybridized carbons (Fsp3) is 0.536. The summed E-state index contributed by atoms with van der Waals surface area (Å²) in [4.78, 5) is 15.6. The Morgan fingerprint density at radius 2 is 1.56 bits per heavy atom. The summed E-state index contributed by atoms with van der Waals surface area (Å²) in [6.45, 7) is 0.458. The van der Waals surface area contributed by atoms with E-state index in [1.165, 1.54) is 12.1 Å². The third-order valence-corrected chi connectivity index (χ3v) is 8.02. The highest BCUT2D eigenvalue weighted by Crippen LogP contribution is 2.41. The molecule has 2 aromatic carbocycles. The van der Waals surface area contributed by atoms with E-state index in [0.717, 1.165) is 30.4 Å². The van der Waals surface area contributed by atoms with Crippen molar-refractivity contribution >= 4 is 5.91 Å². The molecule has 2 aromatic rings. The summed E-state index contributed by atoms with van der Waals surface area (Å²) < 4.78 is 53.6. The van der Waals surface area contributed by atoms with Crippen molar-refractivity contribution in [1.82, 2.24) is 10.2 Å². The highest BCUT2D eigenvalue weighted by atomic mass is 19.4. The highest BCUT2D eigenvalue weighted by molar-refractivity contribution is 5.88. The van der Waals surface area contributed by atoms with E-state index in [0.29, 0.717) is 19.3 Å². The minimum absolute atomic E-state index is 0.0898. The zero-order chi connectivity index (χ0) is 25.8. The van der Waals surface area contributed by atoms with Gasteiger partial charge in [0.15, 0.2) is 5.60 Å². The normalized spacial score (nSPS) is 21.0. The van der Waals surface area contributed by atoms with E-state index in [4.69, 9.17) is 0 Å². The molecule has 1 atom stereocenters. The lowest BCUT2D eigenvalue weighted by molar-refractivity contribution is -0.273. The van der Waals surface area contributed by atoms with Gasteiger partial charge in [-0.2, -0.15) is 13.2 Å². The van der Waals surface area contributed by atoms with E-state index in [9.17, 15) is 27.5 Å². The molecular formula is C28H34F4N2O2. The molecule has 1 saturated carbocycles. The number of piperidine rings is 1. The number of amides is 1. The van der Waals surface area contributed by atoms with Crippen molar-refractivity contribution in [3.05, 3.63) is 71.5 Å². The number of carbonyl (C=O) groups is 1. The monoisotopic (exact) mass is 506 g/mol. The second-order valence-corrected chi connectivity index (χ2v) is 10.3. The first-order chi connectivity index (χ1) is 17.1. The summed E-state index contributed by atoms with van der Waals surface area (Å²) in [7, 11) is 0. The summed E-state index contributed by atoms with van der Waals surface area (Å²) in [6.07, 6.45) is -0.680. The second-order valence-electron chi connectivity index (χ2n) is 10.3. The molecule has 1 aliphatic carbocycles. The van der Waals surface area contributed by atoms with Crippen molar-refractivity contribution in [2.75, 3.05) is 19.6 Å². The van der Waals surface area contributed by atoms with Crippen LogP contribution in [-0.2, 0) is 16.6 Å². The molecule has 4 nitrogen and oxygen atoms in total. The minimum Gasteiger partial charge on any atom is -0.380 e. The zero-order valence-electron chi connectivity index (χ0n) is 20.4. The number of aliphatic hydroxyl groups is 1. The first-order valence-corrected chi connectivity index (χ1v) is 12.7. The van der Waals surface area contributed by atoms with Crippen LogP contribution in [0.15, 0.2) is 54.6 Å². The maximum absolute atomic E-state index is 13.7. The van der Waals surface area contributed by atoms with Crippen LogP contribution in [0.25, 0.3) is 0 Å². The number of carbonyl (C=O) groups excluding carboxylic acids is 1. The number of hydrogen-bond donors (Lipinski definition) is 2. The van der Waals surface area contributed by atoms with Gasteiger partial charge in [-0.05, 0) is 55.4 Å². The van der Waals surface area contributed by atoms with Gasteiger partial charge < -0.3 is 10.4 Å². The van der Waals surface area contributed by atoms with Crippen molar-refractivity contribution in [3.63, 3.8) is 0 Å². The van der Waals surface area contributed by atoms with Crippen LogP contribution in [0.5, 0.6) is 0 Å². The molecule has 4 rings (SSSR count). The molecule has 0 radical (unpaired) electrons. The van der Waals surface area contributed by atoms with E-state index in [-0.39, 0.29) is 37.4 Å². The molecule has 0 bridgehead atoms. The van der Waals surface area contributed by atoms with Crippen LogP contribution < -0.4 is 5.32 Å². The van der Waals surface area contributed by atoms with Crippen molar-refractivity contribution in [3.8, 4) is 0 Å². The van der Waals surface area contributed by atoms with Gasteiger partial charge in [0.25, 0.3) is 0 Å². The van der Waals surface area contributed by atoms with Gasteiger partial charge in [-0.25, -0.2) is 4.39 Å². The minimum atomic E-state index is -4.66. The Hall–Kier alpha value is -2.45. The number of nitrogens with one attached hydrogen (secondary N) is 1. The average molecular weight is 507 g/mol. The van der Waals surface area contributed by atoms with E-state index in [1.807, 2.05) is 35.2 Å². The number of hydrogen-bond acceptors (Lipinski definition) is 3. The fourth-order valence-corrected chi connectivity index (χ4v) is 5.71. The van der Waals surface area contributed by atoms with Gasteiger partial charge in [-0.15, -0.1) is 0 Å². The van der Waals surface area contributed by atoms with Gasteiger partial charge in [0, 0.05) is 25.7 Å². The number of alkyl halides is 3. The summed E-state index contributed by atoms with van der Waals surface area (Å²) in [5.41, 5.74) is -1.58. The molecule has 1 unspecified atom stereocenters. The maximum Gasteiger partial charge on any atom is 0.417 e. The molecule has 1 amide bonds. The Balaban J connectivity index is 1.50. The lowest BCUT2D eigenvalue weighted by atomic mass is 9.68. The molecule has 2 aliphatic rings. The third kappa shape index (κ3) is 5.75. The number of rotatable bonds is 7. The predicted molar refractivity (Wildman–Crippen MR) is 130 cm³/mol. The van der Waals surface area contributed by atoms with E-state index in [1.54, 1.807) is 12.1 Å². The summed E-state index contributed by atoms with van der Waals surface area (Å²) in [5.74, 6) is -0.465. The molecule has 36 heavy (non-hydrogen) atoms. The number of nitrogens with zero attached hydrogens (tertiary/aromatic N) is 1. The fourth-order valence-electron chi connectivity index (χ4n) is 5.71. The third-order valence-electron chi connectivity index (χ3n) is 8.02. The van der Waals surface area contributed by atoms with Crippen molar-refractivity contribution in [2.45, 2.75) is 74.6 Å². The Bertz CT molecular complexity index is 996. The average Bonchev–Trinajstić information content (AvgIpc) is 2.87. The van der Waals surface area contributed by atoms with Gasteiger partial charge in [-0.1, -0.05) is 61.7 Å². The van der Waals surface area contributed by atoms with Gasteiger partial charge in [0.1, 0.15) is 5.82 Å². The quantitative estimate of drug-likeness (QED) is 0.511. The van der Waals surface area contributed by atoms with Gasteiger partial charge in [-0.3, -0.25) is 9.69 Å². The molecule has 2 fully saturated rings. The molecule has 1 heterocycles. The number of likely N-dealkylation sites (tertiary alicyclic amines) is 1. The van der Waals surface area contributed by atoms with Crippen molar-refractivity contribution in [1.29, 1.82) is 0 Å². The van der Waals surface area contributed by atoms with Crippen LogP contribution in [0.2, 0.25) is 0 Å². The first kappa shape index (κ1) is 26.6. The van der Waals surface area contributed by atoms with E-state index < -0.39 is 30.0 Å². The Kier molecular flexibility index (Phi) is 8.05. The van der Waals surface area contributed by atoms with Gasteiger partial charge in [0.2, 0.25) is 5.91 Å². The van der Waals surface area contributed by atoms with E-state index >= 15 is 0 Å². The lowest BCUT2D eigenvalue weighted by Gasteiger charge is -2.43. The molecule has 1 saturated heterocycles. The smallest absolute Gasteiger partial charge is 0.380 e. The van der Waals surface area contributed by atoms with Crippen LogP contribution in [0.1, 0.15) is 56.1 Å². The van der Waals surface area contributed by atoms with Crippen LogP contribution in [0.4, 0.5) is 17.6 Å².